The molecule has 0 atom stereocenters. The van der Waals surface area contributed by atoms with Crippen LogP contribution in [0.3, 0.4) is 0 Å². The molecule has 2 amide bonds. The molecular formula is C19H22N4O2. The number of amides is 2. The van der Waals surface area contributed by atoms with Gasteiger partial charge in [0.2, 0.25) is 5.91 Å². The maximum Gasteiger partial charge on any atom is 0.251 e. The predicted octanol–water partition coefficient (Wildman–Crippen LogP) is 1.99. The summed E-state index contributed by atoms with van der Waals surface area (Å²) in [5.74, 6) is 0.770. The molecule has 0 unspecified atom stereocenters. The van der Waals surface area contributed by atoms with Gasteiger partial charge in [0.1, 0.15) is 5.82 Å². The summed E-state index contributed by atoms with van der Waals surface area (Å²) in [6.07, 6.45) is 2.52. The van der Waals surface area contributed by atoms with Crippen LogP contribution < -0.4 is 15.1 Å². The summed E-state index contributed by atoms with van der Waals surface area (Å²) in [6, 6.07) is 9.35. The normalized spacial score (nSPS) is 12.7. The van der Waals surface area contributed by atoms with Crippen molar-refractivity contribution in [1.82, 2.24) is 10.3 Å². The van der Waals surface area contributed by atoms with Crippen LogP contribution >= 0.6 is 0 Å². The third kappa shape index (κ3) is 3.63. The second-order valence-corrected chi connectivity index (χ2v) is 6.36. The molecule has 0 aliphatic carbocycles. The van der Waals surface area contributed by atoms with Crippen LogP contribution in [-0.2, 0) is 17.8 Å². The average Bonchev–Trinajstić information content (AvgIpc) is 3.03. The number of hydrogen-bond donors (Lipinski definition) is 1. The van der Waals surface area contributed by atoms with Crippen molar-refractivity contribution < 1.29 is 9.59 Å². The lowest BCUT2D eigenvalue weighted by molar-refractivity contribution is -0.116. The Balaban J connectivity index is 1.68. The molecule has 1 aromatic heterocycles. The topological polar surface area (TPSA) is 65.5 Å². The van der Waals surface area contributed by atoms with E-state index in [4.69, 9.17) is 0 Å². The Morgan fingerprint density at radius 1 is 1.24 bits per heavy atom. The molecule has 1 aliphatic heterocycles. The second kappa shape index (κ2) is 6.93. The molecule has 25 heavy (non-hydrogen) atoms. The molecule has 6 heteroatoms. The number of rotatable bonds is 4. The van der Waals surface area contributed by atoms with Gasteiger partial charge in [-0.15, -0.1) is 0 Å². The highest BCUT2D eigenvalue weighted by Crippen LogP contribution is 2.28. The first-order chi connectivity index (χ1) is 12.0. The van der Waals surface area contributed by atoms with Crippen LogP contribution in [-0.4, -0.2) is 37.4 Å². The van der Waals surface area contributed by atoms with E-state index in [0.717, 1.165) is 29.1 Å². The van der Waals surface area contributed by atoms with E-state index in [1.54, 1.807) is 24.1 Å². The maximum atomic E-state index is 12.4. The van der Waals surface area contributed by atoms with Crippen molar-refractivity contribution in [3.8, 4) is 0 Å². The van der Waals surface area contributed by atoms with Crippen LogP contribution in [0.2, 0.25) is 0 Å². The Kier molecular flexibility index (Phi) is 4.70. The third-order valence-electron chi connectivity index (χ3n) is 4.34. The molecule has 6 nitrogen and oxygen atoms in total. The van der Waals surface area contributed by atoms with Gasteiger partial charge in [0, 0.05) is 51.6 Å². The van der Waals surface area contributed by atoms with Crippen molar-refractivity contribution in [3.63, 3.8) is 0 Å². The Labute approximate surface area is 147 Å². The van der Waals surface area contributed by atoms with Crippen molar-refractivity contribution in [2.75, 3.05) is 30.4 Å². The van der Waals surface area contributed by atoms with Gasteiger partial charge in [-0.25, -0.2) is 4.98 Å². The number of pyridine rings is 1. The lowest BCUT2D eigenvalue weighted by Gasteiger charge is -2.15. The van der Waals surface area contributed by atoms with Crippen LogP contribution in [0.1, 0.15) is 28.4 Å². The number of carbonyl (C=O) groups is 2. The highest BCUT2D eigenvalue weighted by Gasteiger charge is 2.23. The number of aromatic nitrogens is 1. The molecule has 0 bridgehead atoms. The van der Waals surface area contributed by atoms with Crippen LogP contribution in [0.25, 0.3) is 0 Å². The summed E-state index contributed by atoms with van der Waals surface area (Å²) in [4.78, 5) is 32.0. The van der Waals surface area contributed by atoms with Crippen LogP contribution in [0, 0.1) is 0 Å². The summed E-state index contributed by atoms with van der Waals surface area (Å²) >= 11 is 0. The Bertz CT molecular complexity index is 817. The lowest BCUT2D eigenvalue weighted by atomic mass is 10.1. The fourth-order valence-corrected chi connectivity index (χ4v) is 2.97. The van der Waals surface area contributed by atoms with E-state index in [-0.39, 0.29) is 11.8 Å². The van der Waals surface area contributed by atoms with Crippen LogP contribution in [0.15, 0.2) is 36.5 Å². The zero-order valence-electron chi connectivity index (χ0n) is 14.7. The quantitative estimate of drug-likeness (QED) is 0.926. The first-order valence-corrected chi connectivity index (χ1v) is 8.27. The molecule has 0 saturated carbocycles. The molecule has 1 aromatic carbocycles. The monoisotopic (exact) mass is 338 g/mol. The van der Waals surface area contributed by atoms with Gasteiger partial charge in [-0.2, -0.15) is 0 Å². The number of nitrogens with one attached hydrogen (secondary N) is 1. The van der Waals surface area contributed by atoms with E-state index in [1.807, 2.05) is 43.3 Å². The minimum atomic E-state index is -0.118. The molecule has 3 rings (SSSR count). The molecule has 0 fully saturated rings. The number of carbonyl (C=O) groups excluding carboxylic acids is 2. The van der Waals surface area contributed by atoms with Gasteiger partial charge >= 0.3 is 0 Å². The van der Waals surface area contributed by atoms with Gasteiger partial charge in [-0.3, -0.25) is 9.59 Å². The average molecular weight is 338 g/mol. The summed E-state index contributed by atoms with van der Waals surface area (Å²) in [5.41, 5.74) is 3.57. The van der Waals surface area contributed by atoms with Crippen molar-refractivity contribution >= 4 is 23.3 Å². The largest absolute Gasteiger partial charge is 0.363 e. The fourth-order valence-electron chi connectivity index (χ4n) is 2.97. The fraction of sp³-hybridized carbons (Fsp3) is 0.316. The van der Waals surface area contributed by atoms with E-state index in [0.29, 0.717) is 18.7 Å². The van der Waals surface area contributed by atoms with Crippen LogP contribution in [0.5, 0.6) is 0 Å². The summed E-state index contributed by atoms with van der Waals surface area (Å²) in [7, 11) is 3.86. The molecule has 2 aromatic rings. The minimum absolute atomic E-state index is 0.0327. The number of anilines is 2. The van der Waals surface area contributed by atoms with Gasteiger partial charge in [0.15, 0.2) is 0 Å². The zero-order chi connectivity index (χ0) is 18.0. The van der Waals surface area contributed by atoms with E-state index < -0.39 is 0 Å². The molecule has 0 spiro atoms. The zero-order valence-corrected chi connectivity index (χ0v) is 14.7. The molecule has 0 saturated heterocycles. The molecule has 1 N–H and O–H groups in total. The molecular weight excluding hydrogens is 316 g/mol. The van der Waals surface area contributed by atoms with Crippen molar-refractivity contribution in [2.24, 2.45) is 0 Å². The third-order valence-corrected chi connectivity index (χ3v) is 4.34. The van der Waals surface area contributed by atoms with E-state index >= 15 is 0 Å². The SMILES string of the molecule is CC(=O)N1CCc2cc(C(=O)NCc3ccnc(N(C)C)c3)ccc21. The Morgan fingerprint density at radius 3 is 2.76 bits per heavy atom. The molecule has 1 aliphatic rings. The van der Waals surface area contributed by atoms with Crippen molar-refractivity contribution in [1.29, 1.82) is 0 Å². The standard InChI is InChI=1S/C19H22N4O2/c1-13(24)23-9-7-15-11-16(4-5-17(15)23)19(25)21-12-14-6-8-20-18(10-14)22(2)3/h4-6,8,10-11H,7,9,12H2,1-3H3,(H,21,25). The van der Waals surface area contributed by atoms with Crippen molar-refractivity contribution in [3.05, 3.63) is 53.2 Å². The van der Waals surface area contributed by atoms with Gasteiger partial charge in [-0.05, 0) is 47.9 Å². The predicted molar refractivity (Wildman–Crippen MR) is 97.9 cm³/mol. The highest BCUT2D eigenvalue weighted by molar-refractivity contribution is 5.97. The number of benzene rings is 1. The number of fused-ring (bicyclic) bond motifs is 1. The van der Waals surface area contributed by atoms with Crippen LogP contribution in [0.4, 0.5) is 11.5 Å². The first-order valence-electron chi connectivity index (χ1n) is 8.27. The smallest absolute Gasteiger partial charge is 0.251 e. The number of nitrogens with zero attached hydrogens (tertiary/aromatic N) is 3. The van der Waals surface area contributed by atoms with E-state index in [1.165, 1.54) is 0 Å². The van der Waals surface area contributed by atoms with Gasteiger partial charge < -0.3 is 15.1 Å². The number of hydrogen-bond acceptors (Lipinski definition) is 4. The second-order valence-electron chi connectivity index (χ2n) is 6.36. The van der Waals surface area contributed by atoms with Gasteiger partial charge in [0.05, 0.1) is 0 Å². The highest BCUT2D eigenvalue weighted by atomic mass is 16.2. The molecule has 2 heterocycles. The van der Waals surface area contributed by atoms with Gasteiger partial charge in [-0.1, -0.05) is 0 Å². The maximum absolute atomic E-state index is 12.4. The van der Waals surface area contributed by atoms with Crippen molar-refractivity contribution in [2.45, 2.75) is 19.9 Å². The summed E-state index contributed by atoms with van der Waals surface area (Å²) in [6.45, 7) is 2.69. The lowest BCUT2D eigenvalue weighted by Crippen LogP contribution is -2.26. The van der Waals surface area contributed by atoms with E-state index in [9.17, 15) is 9.59 Å². The summed E-state index contributed by atoms with van der Waals surface area (Å²) in [5, 5.41) is 2.94. The molecule has 130 valence electrons. The summed E-state index contributed by atoms with van der Waals surface area (Å²) < 4.78 is 0. The van der Waals surface area contributed by atoms with Gasteiger partial charge in [0.25, 0.3) is 5.91 Å². The molecule has 0 radical (unpaired) electrons. The minimum Gasteiger partial charge on any atom is -0.363 e. The van der Waals surface area contributed by atoms with E-state index in [2.05, 4.69) is 10.3 Å². The Morgan fingerprint density at radius 2 is 2.04 bits per heavy atom. The first kappa shape index (κ1) is 17.0. The Hall–Kier alpha value is -2.89.